The molecular weight excluding hydrogens is 594 g/mol. The fourth-order valence-electron chi connectivity index (χ4n) is 4.22. The second-order valence-electron chi connectivity index (χ2n) is 10.6. The summed E-state index contributed by atoms with van der Waals surface area (Å²) in [6.45, 7) is 9.71. The molecule has 2 amide bonds. The van der Waals surface area contributed by atoms with E-state index in [-0.39, 0.29) is 25.5 Å². The minimum Gasteiger partial charge on any atom is -0.470 e. The minimum absolute atomic E-state index is 0.108. The fraction of sp³-hybridized carbons (Fsp3) is 0.379. The normalized spacial score (nSPS) is 15.7. The van der Waals surface area contributed by atoms with E-state index >= 15 is 0 Å². The van der Waals surface area contributed by atoms with Gasteiger partial charge in [0.1, 0.15) is 18.2 Å². The molecule has 212 valence electrons. The van der Waals surface area contributed by atoms with Crippen LogP contribution in [0.3, 0.4) is 0 Å². The largest absolute Gasteiger partial charge is 0.470 e. The van der Waals surface area contributed by atoms with Crippen molar-refractivity contribution in [1.29, 1.82) is 0 Å². The topological polar surface area (TPSA) is 106 Å². The number of aryl methyl sites for hydroxylation is 2. The number of nitrogens with one attached hydrogen (secondary N) is 2. The first kappa shape index (κ1) is 29.7. The van der Waals surface area contributed by atoms with Gasteiger partial charge >= 0.3 is 6.09 Å². The van der Waals surface area contributed by atoms with Crippen LogP contribution in [0.15, 0.2) is 53.4 Å². The molecule has 1 atom stereocenters. The van der Waals surface area contributed by atoms with Crippen LogP contribution in [0.4, 0.5) is 10.7 Å². The minimum atomic E-state index is -0.685. The molecule has 1 aliphatic rings. The summed E-state index contributed by atoms with van der Waals surface area (Å²) in [7, 11) is 0. The highest BCUT2D eigenvalue weighted by molar-refractivity contribution is 9.08. The number of ether oxygens (including phenoxy) is 2. The summed E-state index contributed by atoms with van der Waals surface area (Å²) >= 11 is 4.91. The fourth-order valence-corrected chi connectivity index (χ4v) is 5.23. The number of carbonyl (C=O) groups is 2. The van der Waals surface area contributed by atoms with E-state index in [1.54, 1.807) is 26.8 Å². The van der Waals surface area contributed by atoms with Gasteiger partial charge in [0.05, 0.1) is 18.8 Å². The van der Waals surface area contributed by atoms with E-state index < -0.39 is 17.8 Å². The van der Waals surface area contributed by atoms with Crippen LogP contribution >= 0.6 is 27.9 Å². The van der Waals surface area contributed by atoms with Gasteiger partial charge in [-0.25, -0.2) is 9.78 Å². The number of alkyl halides is 1. The molecule has 2 N–H and O–H groups in total. The Kier molecular flexibility index (Phi) is 9.57. The molecule has 0 saturated carbocycles. The van der Waals surface area contributed by atoms with Crippen LogP contribution in [0.2, 0.25) is 0 Å². The predicted molar refractivity (Wildman–Crippen MR) is 161 cm³/mol. The Bertz CT molecular complexity index is 1360. The lowest BCUT2D eigenvalue weighted by atomic mass is 10.00. The first-order valence-electron chi connectivity index (χ1n) is 13.0. The second kappa shape index (κ2) is 12.9. The van der Waals surface area contributed by atoms with Crippen molar-refractivity contribution in [2.45, 2.75) is 56.5 Å². The third-order valence-corrected chi connectivity index (χ3v) is 7.40. The summed E-state index contributed by atoms with van der Waals surface area (Å²) in [6.07, 6.45) is -1.11. The summed E-state index contributed by atoms with van der Waals surface area (Å²) in [5.41, 5.74) is 4.33. The Morgan fingerprint density at radius 3 is 2.58 bits per heavy atom. The zero-order valence-corrected chi connectivity index (χ0v) is 25.7. The highest BCUT2D eigenvalue weighted by Crippen LogP contribution is 2.30. The summed E-state index contributed by atoms with van der Waals surface area (Å²) < 4.78 is 15.1. The smallest absolute Gasteiger partial charge is 0.410 e. The zero-order chi connectivity index (χ0) is 28.9. The van der Waals surface area contributed by atoms with Crippen molar-refractivity contribution in [1.82, 2.24) is 20.2 Å². The number of benzene rings is 2. The van der Waals surface area contributed by atoms with E-state index in [0.717, 1.165) is 32.5 Å². The van der Waals surface area contributed by atoms with Gasteiger partial charge in [0.25, 0.3) is 0 Å². The van der Waals surface area contributed by atoms with Gasteiger partial charge in [-0.2, -0.15) is 4.98 Å². The Morgan fingerprint density at radius 1 is 1.15 bits per heavy atom. The van der Waals surface area contributed by atoms with Gasteiger partial charge in [-0.05, 0) is 75.4 Å². The number of hydrogen-bond donors (Lipinski definition) is 2. The molecule has 4 rings (SSSR count). The molecule has 1 saturated heterocycles. The van der Waals surface area contributed by atoms with E-state index in [4.69, 9.17) is 14.5 Å². The number of carbonyl (C=O) groups excluding carboxylic acids is 2. The molecule has 0 aliphatic carbocycles. The van der Waals surface area contributed by atoms with Crippen molar-refractivity contribution in [3.05, 3.63) is 65.2 Å². The van der Waals surface area contributed by atoms with Crippen molar-refractivity contribution in [3.8, 4) is 17.1 Å². The van der Waals surface area contributed by atoms with Crippen LogP contribution in [0.5, 0.6) is 5.88 Å². The first-order valence-corrected chi connectivity index (χ1v) is 14.9. The van der Waals surface area contributed by atoms with Crippen LogP contribution in [0.25, 0.3) is 11.3 Å². The lowest BCUT2D eigenvalue weighted by Gasteiger charge is -2.27. The summed E-state index contributed by atoms with van der Waals surface area (Å²) in [5.74, 6) is 0.432. The molecule has 1 unspecified atom stereocenters. The summed E-state index contributed by atoms with van der Waals surface area (Å²) in [6, 6.07) is 16.0. The maximum Gasteiger partial charge on any atom is 0.410 e. The van der Waals surface area contributed by atoms with E-state index in [9.17, 15) is 9.59 Å². The molecule has 1 aromatic heterocycles. The lowest BCUT2D eigenvalue weighted by molar-refractivity contribution is -0.121. The maximum atomic E-state index is 12.8. The van der Waals surface area contributed by atoms with Crippen molar-refractivity contribution < 1.29 is 19.1 Å². The van der Waals surface area contributed by atoms with Gasteiger partial charge in [0.15, 0.2) is 0 Å². The van der Waals surface area contributed by atoms with Gasteiger partial charge in [0.2, 0.25) is 17.7 Å². The highest BCUT2D eigenvalue weighted by atomic mass is 79.9. The molecule has 1 fully saturated rings. The lowest BCUT2D eigenvalue weighted by Crippen LogP contribution is -2.43. The van der Waals surface area contributed by atoms with Crippen LogP contribution in [-0.4, -0.2) is 58.2 Å². The Balaban J connectivity index is 1.62. The van der Waals surface area contributed by atoms with Crippen LogP contribution in [0, 0.1) is 13.8 Å². The summed E-state index contributed by atoms with van der Waals surface area (Å²) in [4.78, 5) is 36.9. The number of halogens is 1. The third kappa shape index (κ3) is 8.11. The Labute approximate surface area is 247 Å². The molecule has 9 nitrogen and oxygen atoms in total. The SMILES string of the molecule is Cc1cccc(C)c1-c1cc(OC2CNC(=O)CN(C(=O)OC(C)(C)C)C2)nc(NSc2cccc(CBr)c2)n1. The molecule has 40 heavy (non-hydrogen) atoms. The molecule has 0 bridgehead atoms. The average Bonchev–Trinajstić information content (AvgIpc) is 3.08. The van der Waals surface area contributed by atoms with Crippen molar-refractivity contribution in [2.75, 3.05) is 24.4 Å². The average molecular weight is 629 g/mol. The number of hydrogen-bond acceptors (Lipinski definition) is 8. The quantitative estimate of drug-likeness (QED) is 0.247. The number of rotatable bonds is 7. The first-order chi connectivity index (χ1) is 19.0. The number of amides is 2. The van der Waals surface area contributed by atoms with Crippen LogP contribution < -0.4 is 14.8 Å². The number of anilines is 1. The Hall–Kier alpha value is -3.31. The zero-order valence-electron chi connectivity index (χ0n) is 23.3. The van der Waals surface area contributed by atoms with Crippen LogP contribution in [0.1, 0.15) is 37.5 Å². The molecule has 0 radical (unpaired) electrons. The second-order valence-corrected chi connectivity index (χ2v) is 12.0. The van der Waals surface area contributed by atoms with Crippen molar-refractivity contribution in [2.24, 2.45) is 0 Å². The molecule has 2 aromatic carbocycles. The molecule has 0 spiro atoms. The number of aromatic nitrogens is 2. The van der Waals surface area contributed by atoms with E-state index in [2.05, 4.69) is 43.1 Å². The van der Waals surface area contributed by atoms with Gasteiger partial charge in [0, 0.05) is 21.9 Å². The highest BCUT2D eigenvalue weighted by Gasteiger charge is 2.30. The van der Waals surface area contributed by atoms with E-state index in [1.807, 2.05) is 44.2 Å². The molecule has 2 heterocycles. The maximum absolute atomic E-state index is 12.8. The van der Waals surface area contributed by atoms with Gasteiger partial charge in [-0.15, -0.1) is 0 Å². The van der Waals surface area contributed by atoms with Crippen molar-refractivity contribution >= 4 is 45.8 Å². The Morgan fingerprint density at radius 2 is 1.88 bits per heavy atom. The van der Waals surface area contributed by atoms with E-state index in [0.29, 0.717) is 17.5 Å². The van der Waals surface area contributed by atoms with Crippen LogP contribution in [-0.2, 0) is 14.9 Å². The molecule has 3 aromatic rings. The van der Waals surface area contributed by atoms with Gasteiger partial charge in [-0.1, -0.05) is 46.3 Å². The van der Waals surface area contributed by atoms with Gasteiger partial charge < -0.3 is 14.8 Å². The van der Waals surface area contributed by atoms with E-state index in [1.165, 1.54) is 16.8 Å². The monoisotopic (exact) mass is 627 g/mol. The standard InChI is InChI=1S/C29H34BrN5O4S/c1-18-8-6-9-19(2)26(18)23-13-25(33-27(32-23)34-40-22-11-7-10-20(12-22)14-30)38-21-15-31-24(36)17-35(16-21)28(37)39-29(3,4)5/h6-13,21H,14-17H2,1-5H3,(H,31,36)(H,32,33,34). The third-order valence-electron chi connectivity index (χ3n) is 5.98. The van der Waals surface area contributed by atoms with Gasteiger partial charge in [-0.3, -0.25) is 14.4 Å². The molecule has 11 heteroatoms. The molecular formula is C29H34BrN5O4S. The van der Waals surface area contributed by atoms with Crippen molar-refractivity contribution in [3.63, 3.8) is 0 Å². The summed E-state index contributed by atoms with van der Waals surface area (Å²) in [5, 5.41) is 3.58. The number of nitrogens with zero attached hydrogens (tertiary/aromatic N) is 3. The predicted octanol–water partition coefficient (Wildman–Crippen LogP) is 5.89. The molecule has 1 aliphatic heterocycles.